The fourth-order valence-electron chi connectivity index (χ4n) is 2.27. The highest BCUT2D eigenvalue weighted by atomic mass is 35.5. The van der Waals surface area contributed by atoms with Crippen LogP contribution in [0.4, 0.5) is 5.69 Å². The maximum absolute atomic E-state index is 12.3. The molecule has 1 unspecified atom stereocenters. The van der Waals surface area contributed by atoms with E-state index < -0.39 is 6.04 Å². The number of hydrogen-bond donors (Lipinski definition) is 1. The lowest BCUT2D eigenvalue weighted by molar-refractivity contribution is -0.119. The largest absolute Gasteiger partial charge is 0.324 e. The van der Waals surface area contributed by atoms with Gasteiger partial charge >= 0.3 is 0 Å². The Kier molecular flexibility index (Phi) is 4.44. The average molecular weight is 326 g/mol. The fourth-order valence-corrected chi connectivity index (χ4v) is 2.41. The van der Waals surface area contributed by atoms with Crippen molar-refractivity contribution in [2.24, 2.45) is 0 Å². The number of nitrogens with one attached hydrogen (secondary N) is 1. The molecule has 4 nitrogen and oxygen atoms in total. The van der Waals surface area contributed by atoms with E-state index >= 15 is 0 Å². The predicted molar refractivity (Wildman–Crippen MR) is 92.5 cm³/mol. The number of amides is 1. The highest BCUT2D eigenvalue weighted by Crippen LogP contribution is 2.21. The molecule has 0 saturated heterocycles. The SMILES string of the molecule is CC(C(=O)Nc1ccc(-c2ccccc2)cc1)n1cc(Cl)cn1. The second-order valence-electron chi connectivity index (χ2n) is 5.25. The van der Waals surface area contributed by atoms with E-state index in [1.807, 2.05) is 42.5 Å². The quantitative estimate of drug-likeness (QED) is 0.772. The van der Waals surface area contributed by atoms with Crippen LogP contribution in [0.25, 0.3) is 11.1 Å². The molecule has 1 amide bonds. The lowest BCUT2D eigenvalue weighted by Gasteiger charge is -2.13. The van der Waals surface area contributed by atoms with Gasteiger partial charge in [0.05, 0.1) is 11.2 Å². The van der Waals surface area contributed by atoms with E-state index in [1.165, 1.54) is 10.9 Å². The number of halogens is 1. The lowest BCUT2D eigenvalue weighted by atomic mass is 10.1. The van der Waals surface area contributed by atoms with Gasteiger partial charge in [-0.25, -0.2) is 0 Å². The molecule has 2 aromatic carbocycles. The highest BCUT2D eigenvalue weighted by Gasteiger charge is 2.15. The van der Waals surface area contributed by atoms with Crippen molar-refractivity contribution in [1.29, 1.82) is 0 Å². The van der Waals surface area contributed by atoms with E-state index in [1.54, 1.807) is 13.1 Å². The van der Waals surface area contributed by atoms with Crippen LogP contribution in [0.5, 0.6) is 0 Å². The Balaban J connectivity index is 1.69. The van der Waals surface area contributed by atoms with Crippen molar-refractivity contribution in [1.82, 2.24) is 9.78 Å². The Morgan fingerprint density at radius 2 is 1.74 bits per heavy atom. The third-order valence-corrected chi connectivity index (χ3v) is 3.80. The summed E-state index contributed by atoms with van der Waals surface area (Å²) in [4.78, 5) is 12.3. The van der Waals surface area contributed by atoms with Gasteiger partial charge in [-0.1, -0.05) is 54.1 Å². The van der Waals surface area contributed by atoms with Crippen LogP contribution in [0.15, 0.2) is 67.0 Å². The van der Waals surface area contributed by atoms with Gasteiger partial charge in [-0.2, -0.15) is 5.10 Å². The summed E-state index contributed by atoms with van der Waals surface area (Å²) in [5, 5.41) is 7.45. The first-order valence-electron chi connectivity index (χ1n) is 7.29. The predicted octanol–water partition coefficient (Wildman–Crippen LogP) is 4.40. The summed E-state index contributed by atoms with van der Waals surface area (Å²) in [5.74, 6) is -0.141. The first-order chi connectivity index (χ1) is 11.1. The van der Waals surface area contributed by atoms with Crippen LogP contribution < -0.4 is 5.32 Å². The van der Waals surface area contributed by atoms with Crippen LogP contribution in [0.3, 0.4) is 0 Å². The number of anilines is 1. The zero-order valence-electron chi connectivity index (χ0n) is 12.6. The van der Waals surface area contributed by atoms with E-state index in [0.717, 1.165) is 16.8 Å². The van der Waals surface area contributed by atoms with Crippen LogP contribution in [-0.2, 0) is 4.79 Å². The minimum atomic E-state index is -0.434. The highest BCUT2D eigenvalue weighted by molar-refractivity contribution is 6.30. The molecule has 0 aliphatic heterocycles. The standard InChI is InChI=1S/C18H16ClN3O/c1-13(22-12-16(19)11-20-22)18(23)21-17-9-7-15(8-10-17)14-5-3-2-4-6-14/h2-13H,1H3,(H,21,23). The molecule has 0 spiro atoms. The maximum atomic E-state index is 12.3. The number of carbonyl (C=O) groups is 1. The third-order valence-electron chi connectivity index (χ3n) is 3.61. The van der Waals surface area contributed by atoms with Crippen molar-refractivity contribution < 1.29 is 4.79 Å². The molecule has 0 aliphatic carbocycles. The molecule has 116 valence electrons. The average Bonchev–Trinajstić information content (AvgIpc) is 3.02. The van der Waals surface area contributed by atoms with E-state index in [9.17, 15) is 4.79 Å². The van der Waals surface area contributed by atoms with Gasteiger partial charge in [0.25, 0.3) is 0 Å². The molecule has 3 aromatic rings. The molecular weight excluding hydrogens is 310 g/mol. The van der Waals surface area contributed by atoms with Crippen molar-refractivity contribution in [3.05, 3.63) is 72.0 Å². The van der Waals surface area contributed by atoms with E-state index in [-0.39, 0.29) is 5.91 Å². The molecule has 1 heterocycles. The second-order valence-corrected chi connectivity index (χ2v) is 5.68. The lowest BCUT2D eigenvalue weighted by Crippen LogP contribution is -2.23. The number of nitrogens with zero attached hydrogens (tertiary/aromatic N) is 2. The number of benzene rings is 2. The number of carbonyl (C=O) groups excluding carboxylic acids is 1. The van der Waals surface area contributed by atoms with Crippen molar-refractivity contribution in [2.75, 3.05) is 5.32 Å². The zero-order valence-corrected chi connectivity index (χ0v) is 13.4. The molecule has 0 saturated carbocycles. The first-order valence-corrected chi connectivity index (χ1v) is 7.67. The number of rotatable bonds is 4. The van der Waals surface area contributed by atoms with Crippen molar-refractivity contribution in [2.45, 2.75) is 13.0 Å². The summed E-state index contributed by atoms with van der Waals surface area (Å²) in [7, 11) is 0. The Hall–Kier alpha value is -2.59. The molecule has 3 rings (SSSR count). The van der Waals surface area contributed by atoms with Gasteiger partial charge in [0.2, 0.25) is 5.91 Å². The molecule has 1 N–H and O–H groups in total. The van der Waals surface area contributed by atoms with Gasteiger partial charge in [0.1, 0.15) is 6.04 Å². The molecule has 0 fully saturated rings. The minimum Gasteiger partial charge on any atom is -0.324 e. The number of hydrogen-bond acceptors (Lipinski definition) is 2. The Morgan fingerprint density at radius 1 is 1.09 bits per heavy atom. The van der Waals surface area contributed by atoms with Crippen LogP contribution in [0.2, 0.25) is 5.02 Å². The fraction of sp³-hybridized carbons (Fsp3) is 0.111. The zero-order chi connectivity index (χ0) is 16.2. The van der Waals surface area contributed by atoms with E-state index in [4.69, 9.17) is 11.6 Å². The second kappa shape index (κ2) is 6.67. The molecular formula is C18H16ClN3O. The monoisotopic (exact) mass is 325 g/mol. The summed E-state index contributed by atoms with van der Waals surface area (Å²) in [5.41, 5.74) is 3.00. The van der Waals surface area contributed by atoms with Gasteiger partial charge in [-0.05, 0) is 30.2 Å². The Bertz CT molecular complexity index is 797. The van der Waals surface area contributed by atoms with Crippen LogP contribution >= 0.6 is 11.6 Å². The Morgan fingerprint density at radius 3 is 2.35 bits per heavy atom. The van der Waals surface area contributed by atoms with Gasteiger partial charge < -0.3 is 5.32 Å². The summed E-state index contributed by atoms with van der Waals surface area (Å²) in [6.45, 7) is 1.77. The van der Waals surface area contributed by atoms with Crippen molar-refractivity contribution in [3.63, 3.8) is 0 Å². The van der Waals surface area contributed by atoms with Crippen LogP contribution in [0.1, 0.15) is 13.0 Å². The molecule has 23 heavy (non-hydrogen) atoms. The molecule has 1 aromatic heterocycles. The van der Waals surface area contributed by atoms with Gasteiger partial charge in [-0.3, -0.25) is 9.48 Å². The molecule has 1 atom stereocenters. The van der Waals surface area contributed by atoms with Gasteiger partial charge in [0, 0.05) is 11.9 Å². The van der Waals surface area contributed by atoms with E-state index in [2.05, 4.69) is 22.5 Å². The third kappa shape index (κ3) is 3.60. The maximum Gasteiger partial charge on any atom is 0.248 e. The molecule has 0 radical (unpaired) electrons. The van der Waals surface area contributed by atoms with E-state index in [0.29, 0.717) is 5.02 Å². The number of aromatic nitrogens is 2. The Labute approximate surface area is 139 Å². The minimum absolute atomic E-state index is 0.141. The topological polar surface area (TPSA) is 46.9 Å². The van der Waals surface area contributed by atoms with Crippen LogP contribution in [-0.4, -0.2) is 15.7 Å². The molecule has 0 aliphatic rings. The van der Waals surface area contributed by atoms with Gasteiger partial charge in [-0.15, -0.1) is 0 Å². The molecule has 5 heteroatoms. The normalized spacial score (nSPS) is 11.9. The van der Waals surface area contributed by atoms with Gasteiger partial charge in [0.15, 0.2) is 0 Å². The van der Waals surface area contributed by atoms with Crippen LogP contribution in [0, 0.1) is 0 Å². The summed E-state index contributed by atoms with van der Waals surface area (Å²) >= 11 is 5.83. The smallest absolute Gasteiger partial charge is 0.248 e. The van der Waals surface area contributed by atoms with Crippen molar-refractivity contribution >= 4 is 23.2 Å². The summed E-state index contributed by atoms with van der Waals surface area (Å²) < 4.78 is 1.54. The molecule has 0 bridgehead atoms. The summed E-state index contributed by atoms with van der Waals surface area (Å²) in [6.07, 6.45) is 3.14. The van der Waals surface area contributed by atoms with Crippen molar-refractivity contribution in [3.8, 4) is 11.1 Å². The summed E-state index contributed by atoms with van der Waals surface area (Å²) in [6, 6.07) is 17.4. The first kappa shape index (κ1) is 15.3.